The number of nitrogens with zero attached hydrogens (tertiary/aromatic N) is 3. The Balaban J connectivity index is 1.84. The van der Waals surface area contributed by atoms with Gasteiger partial charge in [0.2, 0.25) is 0 Å². The minimum Gasteiger partial charge on any atom is -0.379 e. The van der Waals surface area contributed by atoms with Gasteiger partial charge in [0.15, 0.2) is 5.65 Å². The van der Waals surface area contributed by atoms with Crippen LogP contribution in [0.1, 0.15) is 37.6 Å². The van der Waals surface area contributed by atoms with Crippen molar-refractivity contribution in [3.05, 3.63) is 35.3 Å². The first-order chi connectivity index (χ1) is 12.6. The molecule has 0 aromatic carbocycles. The van der Waals surface area contributed by atoms with Crippen molar-refractivity contribution in [1.29, 1.82) is 0 Å². The van der Waals surface area contributed by atoms with Crippen LogP contribution < -0.4 is 5.32 Å². The monoisotopic (exact) mass is 372 g/mol. The highest BCUT2D eigenvalue weighted by Gasteiger charge is 2.17. The number of fused-ring (bicyclic) bond motifs is 1. The highest BCUT2D eigenvalue weighted by molar-refractivity contribution is 7.13. The molecule has 7 heteroatoms. The number of thiophene rings is 1. The summed E-state index contributed by atoms with van der Waals surface area (Å²) in [5.74, 6) is -0.101. The normalized spacial score (nSPS) is 11.4. The molecule has 0 aliphatic carbocycles. The van der Waals surface area contributed by atoms with Gasteiger partial charge < -0.3 is 10.1 Å². The average molecular weight is 372 g/mol. The van der Waals surface area contributed by atoms with E-state index in [1.807, 2.05) is 49.0 Å². The number of hydrogen-bond donors (Lipinski definition) is 1. The number of ether oxygens (including phenoxy) is 1. The van der Waals surface area contributed by atoms with Gasteiger partial charge in [-0.1, -0.05) is 6.07 Å². The molecule has 138 valence electrons. The molecule has 0 aliphatic heterocycles. The Hall–Kier alpha value is -2.25. The topological polar surface area (TPSA) is 69.0 Å². The maximum absolute atomic E-state index is 12.8. The molecule has 0 saturated carbocycles. The van der Waals surface area contributed by atoms with Gasteiger partial charge >= 0.3 is 0 Å². The number of aryl methyl sites for hydroxylation is 1. The molecule has 0 aliphatic rings. The molecule has 3 aromatic heterocycles. The highest BCUT2D eigenvalue weighted by Crippen LogP contribution is 2.27. The summed E-state index contributed by atoms with van der Waals surface area (Å²) in [5, 5.41) is 10.1. The summed E-state index contributed by atoms with van der Waals surface area (Å²) >= 11 is 1.61. The number of nitrogens with one attached hydrogen (secondary N) is 1. The van der Waals surface area contributed by atoms with Gasteiger partial charge in [-0.2, -0.15) is 5.10 Å². The Morgan fingerprint density at radius 2 is 2.27 bits per heavy atom. The van der Waals surface area contributed by atoms with E-state index in [4.69, 9.17) is 9.72 Å². The van der Waals surface area contributed by atoms with Gasteiger partial charge in [-0.25, -0.2) is 9.67 Å². The van der Waals surface area contributed by atoms with Gasteiger partial charge in [0.1, 0.15) is 0 Å². The van der Waals surface area contributed by atoms with Crippen LogP contribution in [0.5, 0.6) is 0 Å². The summed E-state index contributed by atoms with van der Waals surface area (Å²) in [4.78, 5) is 18.5. The number of rotatable bonds is 8. The van der Waals surface area contributed by atoms with Crippen molar-refractivity contribution in [3.8, 4) is 10.6 Å². The first-order valence-corrected chi connectivity index (χ1v) is 9.78. The predicted molar refractivity (Wildman–Crippen MR) is 105 cm³/mol. The van der Waals surface area contributed by atoms with E-state index >= 15 is 0 Å². The Labute approximate surface area is 157 Å². The number of aromatic nitrogens is 3. The van der Waals surface area contributed by atoms with E-state index in [-0.39, 0.29) is 12.0 Å². The zero-order valence-corrected chi connectivity index (χ0v) is 16.2. The summed E-state index contributed by atoms with van der Waals surface area (Å²) in [6.45, 7) is 7.94. The predicted octanol–water partition coefficient (Wildman–Crippen LogP) is 3.72. The molecule has 0 atom stereocenters. The molecule has 0 saturated heterocycles. The SMILES string of the molecule is CCn1ncc2c(C(=O)NCCCOC(C)C)cc(-c3cccs3)nc21. The number of amides is 1. The highest BCUT2D eigenvalue weighted by atomic mass is 32.1. The molecule has 0 spiro atoms. The Kier molecular flexibility index (Phi) is 6.00. The van der Waals surface area contributed by atoms with Crippen LogP contribution in [-0.2, 0) is 11.3 Å². The lowest BCUT2D eigenvalue weighted by molar-refractivity contribution is 0.0757. The summed E-state index contributed by atoms with van der Waals surface area (Å²) in [5.41, 5.74) is 2.16. The fraction of sp³-hybridized carbons (Fsp3) is 0.421. The molecule has 1 N–H and O–H groups in total. The van der Waals surface area contributed by atoms with E-state index in [9.17, 15) is 4.79 Å². The Bertz CT molecular complexity index is 871. The van der Waals surface area contributed by atoms with Gasteiger partial charge in [-0.05, 0) is 44.7 Å². The van der Waals surface area contributed by atoms with Crippen molar-refractivity contribution >= 4 is 28.3 Å². The molecule has 3 heterocycles. The van der Waals surface area contributed by atoms with Crippen LogP contribution >= 0.6 is 11.3 Å². The van der Waals surface area contributed by atoms with E-state index in [1.54, 1.807) is 17.5 Å². The molecule has 3 rings (SSSR count). The third-order valence-corrected chi connectivity index (χ3v) is 4.88. The second-order valence-electron chi connectivity index (χ2n) is 6.26. The molecule has 26 heavy (non-hydrogen) atoms. The van der Waals surface area contributed by atoms with Crippen LogP contribution in [0.15, 0.2) is 29.8 Å². The standard InChI is InChI=1S/C19H24N4O2S/c1-4-23-18-15(12-21-23)14(11-16(22-18)17-7-5-10-26-17)19(24)20-8-6-9-25-13(2)3/h5,7,10-13H,4,6,8-9H2,1-3H3,(H,20,24). The van der Waals surface area contributed by atoms with Crippen LogP contribution in [0.25, 0.3) is 21.6 Å². The van der Waals surface area contributed by atoms with E-state index < -0.39 is 0 Å². The van der Waals surface area contributed by atoms with Gasteiger partial charge in [-0.3, -0.25) is 4.79 Å². The van der Waals surface area contributed by atoms with E-state index in [0.29, 0.717) is 25.3 Å². The van der Waals surface area contributed by atoms with Gasteiger partial charge in [0.25, 0.3) is 5.91 Å². The summed E-state index contributed by atoms with van der Waals surface area (Å²) < 4.78 is 7.33. The number of hydrogen-bond acceptors (Lipinski definition) is 5. The fourth-order valence-corrected chi connectivity index (χ4v) is 3.39. The molecular weight excluding hydrogens is 348 g/mol. The molecule has 6 nitrogen and oxygen atoms in total. The second kappa shape index (κ2) is 8.42. The second-order valence-corrected chi connectivity index (χ2v) is 7.21. The molecule has 0 unspecified atom stereocenters. The zero-order valence-electron chi connectivity index (χ0n) is 15.4. The van der Waals surface area contributed by atoms with Crippen LogP contribution in [0, 0.1) is 0 Å². The molecular formula is C19H24N4O2S. The van der Waals surface area contributed by atoms with Crippen molar-refractivity contribution < 1.29 is 9.53 Å². The van der Waals surface area contributed by atoms with Gasteiger partial charge in [0, 0.05) is 19.7 Å². The molecule has 1 amide bonds. The largest absolute Gasteiger partial charge is 0.379 e. The molecule has 0 radical (unpaired) electrons. The van der Waals surface area contributed by atoms with Crippen molar-refractivity contribution in [2.24, 2.45) is 0 Å². The minimum atomic E-state index is -0.101. The molecule has 3 aromatic rings. The summed E-state index contributed by atoms with van der Waals surface area (Å²) in [6.07, 6.45) is 2.71. The Morgan fingerprint density at radius 1 is 1.42 bits per heavy atom. The molecule has 0 fully saturated rings. The maximum Gasteiger partial charge on any atom is 0.252 e. The van der Waals surface area contributed by atoms with Crippen molar-refractivity contribution in [2.75, 3.05) is 13.2 Å². The van der Waals surface area contributed by atoms with Crippen LogP contribution in [0.4, 0.5) is 0 Å². The van der Waals surface area contributed by atoms with Crippen LogP contribution in [-0.4, -0.2) is 39.9 Å². The number of carbonyl (C=O) groups is 1. The maximum atomic E-state index is 12.8. The lowest BCUT2D eigenvalue weighted by atomic mass is 10.1. The lowest BCUT2D eigenvalue weighted by Gasteiger charge is -2.10. The minimum absolute atomic E-state index is 0.101. The Morgan fingerprint density at radius 3 is 2.96 bits per heavy atom. The third-order valence-electron chi connectivity index (χ3n) is 3.98. The van der Waals surface area contributed by atoms with E-state index in [1.165, 1.54) is 0 Å². The fourth-order valence-electron chi connectivity index (χ4n) is 2.71. The smallest absolute Gasteiger partial charge is 0.252 e. The van der Waals surface area contributed by atoms with Gasteiger partial charge in [-0.15, -0.1) is 11.3 Å². The zero-order chi connectivity index (χ0) is 18.5. The van der Waals surface area contributed by atoms with E-state index in [2.05, 4.69) is 10.4 Å². The summed E-state index contributed by atoms with van der Waals surface area (Å²) in [6, 6.07) is 5.85. The van der Waals surface area contributed by atoms with Crippen LogP contribution in [0.3, 0.4) is 0 Å². The van der Waals surface area contributed by atoms with Crippen molar-refractivity contribution in [3.63, 3.8) is 0 Å². The number of carbonyl (C=O) groups excluding carboxylic acids is 1. The van der Waals surface area contributed by atoms with Gasteiger partial charge in [0.05, 0.1) is 33.8 Å². The first-order valence-electron chi connectivity index (χ1n) is 8.90. The first kappa shape index (κ1) is 18.5. The van der Waals surface area contributed by atoms with E-state index in [0.717, 1.165) is 28.0 Å². The van der Waals surface area contributed by atoms with Crippen LogP contribution in [0.2, 0.25) is 0 Å². The molecule has 0 bridgehead atoms. The van der Waals surface area contributed by atoms with Crippen molar-refractivity contribution in [1.82, 2.24) is 20.1 Å². The summed E-state index contributed by atoms with van der Waals surface area (Å²) in [7, 11) is 0. The number of pyridine rings is 1. The van der Waals surface area contributed by atoms with Crippen molar-refractivity contribution in [2.45, 2.75) is 39.8 Å². The quantitative estimate of drug-likeness (QED) is 0.612. The third kappa shape index (κ3) is 4.11. The average Bonchev–Trinajstić information content (AvgIpc) is 3.29. The lowest BCUT2D eigenvalue weighted by Crippen LogP contribution is -2.26.